The molecule has 0 fully saturated rings. The summed E-state index contributed by atoms with van der Waals surface area (Å²) in [6.45, 7) is 9.38. The number of likely N-dealkylation sites (N-methyl/N-ethyl adjacent to an activating group) is 2. The molecule has 0 aliphatic heterocycles. The van der Waals surface area contributed by atoms with Crippen LogP contribution in [-0.4, -0.2) is 78.3 Å². The Morgan fingerprint density at radius 3 is 1.90 bits per heavy atom. The first-order valence-electron chi connectivity index (χ1n) is 15.7. The molecule has 0 aliphatic rings. The van der Waals surface area contributed by atoms with Gasteiger partial charge < -0.3 is 24.4 Å². The third-order valence-electron chi connectivity index (χ3n) is 7.18. The Morgan fingerprint density at radius 2 is 1.40 bits per heavy atom. The van der Waals surface area contributed by atoms with E-state index in [1.54, 1.807) is 37.4 Å². The zero-order valence-corrected chi connectivity index (χ0v) is 31.1. The number of nitrogens with zero attached hydrogens (tertiary/aromatic N) is 1. The molecule has 15 heteroatoms. The Labute approximate surface area is 301 Å². The quantitative estimate of drug-likeness (QED) is 0.0854. The minimum atomic E-state index is -4.50. The zero-order chi connectivity index (χ0) is 37.2. The second kappa shape index (κ2) is 19.3. The highest BCUT2D eigenvalue weighted by molar-refractivity contribution is 8.00. The fourth-order valence-electron chi connectivity index (χ4n) is 4.76. The Hall–Kier alpha value is -3.36. The molecule has 0 saturated heterocycles. The highest BCUT2D eigenvalue weighted by Gasteiger charge is 2.39. The van der Waals surface area contributed by atoms with E-state index in [0.717, 1.165) is 4.90 Å². The van der Waals surface area contributed by atoms with Gasteiger partial charge in [0.25, 0.3) is 5.91 Å². The lowest BCUT2D eigenvalue weighted by Gasteiger charge is -2.32. The number of ether oxygens (including phenoxy) is 3. The number of amides is 1. The van der Waals surface area contributed by atoms with Crippen molar-refractivity contribution in [3.05, 3.63) is 65.7 Å². The fraction of sp³-hybridized carbons (Fsp3) is 0.543. The van der Waals surface area contributed by atoms with Crippen LogP contribution in [0.4, 0.5) is 17.6 Å². The summed E-state index contributed by atoms with van der Waals surface area (Å²) in [4.78, 5) is 54.1. The van der Waals surface area contributed by atoms with Gasteiger partial charge in [0.1, 0.15) is 24.4 Å². The van der Waals surface area contributed by atoms with Crippen LogP contribution in [0.2, 0.25) is 0 Å². The molecule has 0 saturated carbocycles. The second-order valence-electron chi connectivity index (χ2n) is 13.5. The molecule has 0 unspecified atom stereocenters. The molecular weight excluding hydrogens is 704 g/mol. The Kier molecular flexibility index (Phi) is 17.2. The van der Waals surface area contributed by atoms with Gasteiger partial charge in [-0.15, -0.1) is 12.4 Å². The Balaban J connectivity index is 0.0000125. The van der Waals surface area contributed by atoms with Crippen molar-refractivity contribution in [3.8, 4) is 0 Å². The molecule has 0 radical (unpaired) electrons. The number of hydrogen-bond donors (Lipinski definition) is 1. The van der Waals surface area contributed by atoms with Gasteiger partial charge in [-0.1, -0.05) is 63.2 Å². The van der Waals surface area contributed by atoms with Crippen molar-refractivity contribution in [1.82, 2.24) is 10.2 Å². The first-order valence-corrected chi connectivity index (χ1v) is 16.5. The van der Waals surface area contributed by atoms with E-state index in [0.29, 0.717) is 17.5 Å². The summed E-state index contributed by atoms with van der Waals surface area (Å²) in [5.74, 6) is -3.59. The van der Waals surface area contributed by atoms with E-state index in [2.05, 4.69) is 5.32 Å². The third-order valence-corrected chi connectivity index (χ3v) is 7.92. The topological polar surface area (TPSA) is 111 Å². The maximum atomic E-state index is 15.0. The zero-order valence-electron chi connectivity index (χ0n) is 29.5. The molecular formula is C35H47ClF4N2O7S. The molecule has 0 aromatic heterocycles. The number of halogens is 5. The summed E-state index contributed by atoms with van der Waals surface area (Å²) >= 11 is -0.308. The molecule has 2 aromatic carbocycles. The number of thioether (sulfide) groups is 1. The molecule has 0 spiro atoms. The van der Waals surface area contributed by atoms with Crippen LogP contribution in [0.5, 0.6) is 0 Å². The monoisotopic (exact) mass is 750 g/mol. The Bertz CT molecular complexity index is 1400. The summed E-state index contributed by atoms with van der Waals surface area (Å²) in [5, 5.41) is 2.87. The standard InChI is InChI=1S/C35H46F4N2O7S.ClH/c1-22(47-30(43)26(40-7)19-33(2,3)4)29(42)41(8)27(20-34(5,6)36)31(44)48-28(32(45)46-21-24-12-10-9-11-13-24)18-23-14-16-25(17-15-23)49-35(37,38)39;/h9-17,22,26-28,40H,18-21H2,1-8H3;1H/t22-,26+,27+,28+;/m1./s1. The number of benzene rings is 2. The van der Waals surface area contributed by atoms with E-state index < -0.39 is 65.7 Å². The first-order chi connectivity index (χ1) is 22.6. The number of hydrogen-bond acceptors (Lipinski definition) is 9. The van der Waals surface area contributed by atoms with E-state index >= 15 is 4.39 Å². The van der Waals surface area contributed by atoms with E-state index in [4.69, 9.17) is 14.2 Å². The number of rotatable bonds is 16. The van der Waals surface area contributed by atoms with Crippen molar-refractivity contribution in [1.29, 1.82) is 0 Å². The summed E-state index contributed by atoms with van der Waals surface area (Å²) in [6.07, 6.45) is -3.36. The summed E-state index contributed by atoms with van der Waals surface area (Å²) < 4.78 is 69.9. The maximum Gasteiger partial charge on any atom is 0.446 e. The number of alkyl halides is 4. The van der Waals surface area contributed by atoms with Crippen molar-refractivity contribution in [2.24, 2.45) is 5.41 Å². The van der Waals surface area contributed by atoms with E-state index in [1.807, 2.05) is 20.8 Å². The molecule has 2 rings (SSSR count). The van der Waals surface area contributed by atoms with Crippen LogP contribution in [0.25, 0.3) is 0 Å². The lowest BCUT2D eigenvalue weighted by atomic mass is 9.88. The van der Waals surface area contributed by atoms with Gasteiger partial charge >= 0.3 is 23.4 Å². The fourth-order valence-corrected chi connectivity index (χ4v) is 5.30. The van der Waals surface area contributed by atoms with Gasteiger partial charge in [0.2, 0.25) is 6.10 Å². The number of esters is 3. The van der Waals surface area contributed by atoms with Gasteiger partial charge in [-0.3, -0.25) is 9.59 Å². The number of carbonyl (C=O) groups excluding carboxylic acids is 4. The van der Waals surface area contributed by atoms with Crippen molar-refractivity contribution in [2.45, 2.75) is 108 Å². The summed E-state index contributed by atoms with van der Waals surface area (Å²) in [5.41, 5.74) is -5.73. The maximum absolute atomic E-state index is 15.0. The van der Waals surface area contributed by atoms with Gasteiger partial charge in [0, 0.05) is 24.8 Å². The van der Waals surface area contributed by atoms with Gasteiger partial charge in [0.15, 0.2) is 6.10 Å². The largest absolute Gasteiger partial charge is 0.458 e. The molecule has 9 nitrogen and oxygen atoms in total. The lowest BCUT2D eigenvalue weighted by molar-refractivity contribution is -0.175. The summed E-state index contributed by atoms with van der Waals surface area (Å²) in [7, 11) is 2.82. The first kappa shape index (κ1) is 44.7. The minimum absolute atomic E-state index is 0. The molecule has 0 bridgehead atoms. The lowest BCUT2D eigenvalue weighted by Crippen LogP contribution is -2.51. The third kappa shape index (κ3) is 16.1. The Morgan fingerprint density at radius 1 is 0.820 bits per heavy atom. The smallest absolute Gasteiger partial charge is 0.446 e. The van der Waals surface area contributed by atoms with Crippen molar-refractivity contribution in [2.75, 3.05) is 14.1 Å². The highest BCUT2D eigenvalue weighted by Crippen LogP contribution is 2.37. The van der Waals surface area contributed by atoms with Crippen LogP contribution >= 0.6 is 24.2 Å². The normalized spacial score (nSPS) is 14.3. The van der Waals surface area contributed by atoms with Crippen LogP contribution in [-0.2, 0) is 46.4 Å². The van der Waals surface area contributed by atoms with Gasteiger partial charge in [-0.2, -0.15) is 13.2 Å². The van der Waals surface area contributed by atoms with Crippen molar-refractivity contribution >= 4 is 48.0 Å². The second-order valence-corrected chi connectivity index (χ2v) is 14.6. The van der Waals surface area contributed by atoms with E-state index in [-0.39, 0.29) is 47.5 Å². The SMILES string of the molecule is CN[C@@H](CC(C)(C)C)C(=O)O[C@H](C)C(=O)N(C)[C@@H](CC(C)(C)F)C(=O)O[C@@H](Cc1ccc(SC(F)(F)F)cc1)C(=O)OCc1ccccc1.Cl. The summed E-state index contributed by atoms with van der Waals surface area (Å²) in [6, 6.07) is 11.5. The molecule has 1 amide bonds. The molecule has 0 aliphatic carbocycles. The average molecular weight is 751 g/mol. The molecule has 280 valence electrons. The minimum Gasteiger partial charge on any atom is -0.458 e. The predicted molar refractivity (Wildman–Crippen MR) is 184 cm³/mol. The number of nitrogens with one attached hydrogen (secondary N) is 1. The average Bonchev–Trinajstić information content (AvgIpc) is 2.99. The van der Waals surface area contributed by atoms with Crippen molar-refractivity contribution in [3.63, 3.8) is 0 Å². The van der Waals surface area contributed by atoms with Crippen molar-refractivity contribution < 1.29 is 51.0 Å². The molecule has 50 heavy (non-hydrogen) atoms. The van der Waals surface area contributed by atoms with Crippen LogP contribution in [0.15, 0.2) is 59.5 Å². The van der Waals surface area contributed by atoms with Gasteiger partial charge in [-0.05, 0) is 74.7 Å². The van der Waals surface area contributed by atoms with Gasteiger partial charge in [-0.25, -0.2) is 14.0 Å². The van der Waals surface area contributed by atoms with Crippen LogP contribution < -0.4 is 5.32 Å². The number of carbonyl (C=O) groups is 4. The molecule has 1 N–H and O–H groups in total. The van der Waals surface area contributed by atoms with Crippen LogP contribution in [0, 0.1) is 5.41 Å². The molecule has 0 heterocycles. The van der Waals surface area contributed by atoms with Crippen LogP contribution in [0.3, 0.4) is 0 Å². The van der Waals surface area contributed by atoms with Gasteiger partial charge in [0.05, 0.1) is 0 Å². The highest BCUT2D eigenvalue weighted by atomic mass is 35.5. The molecule has 2 aromatic rings. The van der Waals surface area contributed by atoms with E-state index in [9.17, 15) is 32.3 Å². The van der Waals surface area contributed by atoms with E-state index in [1.165, 1.54) is 52.1 Å². The molecule has 4 atom stereocenters. The van der Waals surface area contributed by atoms with Crippen LogP contribution in [0.1, 0.15) is 65.5 Å². The predicted octanol–water partition coefficient (Wildman–Crippen LogP) is 6.84.